The van der Waals surface area contributed by atoms with Gasteiger partial charge in [-0.05, 0) is 24.7 Å². The highest BCUT2D eigenvalue weighted by Crippen LogP contribution is 2.26. The third kappa shape index (κ3) is 9.57. The number of rotatable bonds is 11. The van der Waals surface area contributed by atoms with Gasteiger partial charge >= 0.3 is 0 Å². The molecule has 1 unspecified atom stereocenters. The number of nitrogens with one attached hydrogen (secondary N) is 1. The first kappa shape index (κ1) is 16.9. The van der Waals surface area contributed by atoms with Crippen LogP contribution >= 0.6 is 0 Å². The Bertz CT molecular complexity index is 174. The minimum atomic E-state index is 0.398. The maximum Gasteiger partial charge on any atom is 0.0700 e. The molecule has 0 bridgehead atoms. The number of hydrogen-bond acceptors (Lipinski definition) is 3. The Hall–Kier alpha value is -0.120. The maximum absolute atomic E-state index is 5.49. The Kier molecular flexibility index (Phi) is 9.79. The lowest BCUT2D eigenvalue weighted by Gasteiger charge is -2.29. The molecule has 0 aliphatic heterocycles. The van der Waals surface area contributed by atoms with Gasteiger partial charge in [0.25, 0.3) is 0 Å². The van der Waals surface area contributed by atoms with Crippen molar-refractivity contribution < 1.29 is 9.47 Å². The van der Waals surface area contributed by atoms with Crippen molar-refractivity contribution in [1.29, 1.82) is 0 Å². The van der Waals surface area contributed by atoms with E-state index < -0.39 is 0 Å². The van der Waals surface area contributed by atoms with Crippen molar-refractivity contribution in [2.45, 2.75) is 53.0 Å². The van der Waals surface area contributed by atoms with Gasteiger partial charge in [-0.15, -0.1) is 0 Å². The van der Waals surface area contributed by atoms with E-state index in [1.54, 1.807) is 7.11 Å². The second-order valence-electron chi connectivity index (χ2n) is 5.41. The van der Waals surface area contributed by atoms with E-state index in [2.05, 4.69) is 33.0 Å². The van der Waals surface area contributed by atoms with Crippen LogP contribution in [0.5, 0.6) is 0 Å². The van der Waals surface area contributed by atoms with Crippen LogP contribution < -0.4 is 5.32 Å². The molecule has 1 N–H and O–H groups in total. The molecular formula is C14H31NO2. The molecule has 17 heavy (non-hydrogen) atoms. The fourth-order valence-electron chi connectivity index (χ4n) is 1.69. The monoisotopic (exact) mass is 245 g/mol. The Labute approximate surface area is 107 Å². The van der Waals surface area contributed by atoms with Crippen LogP contribution in [0.4, 0.5) is 0 Å². The van der Waals surface area contributed by atoms with Crippen LogP contribution in [0.1, 0.15) is 47.0 Å². The quantitative estimate of drug-likeness (QED) is 0.568. The van der Waals surface area contributed by atoms with Gasteiger partial charge in [-0.2, -0.15) is 0 Å². The minimum Gasteiger partial charge on any atom is -0.382 e. The zero-order valence-electron chi connectivity index (χ0n) is 12.3. The lowest BCUT2D eigenvalue weighted by molar-refractivity contribution is 0.0637. The predicted molar refractivity (Wildman–Crippen MR) is 73.5 cm³/mol. The summed E-state index contributed by atoms with van der Waals surface area (Å²) >= 11 is 0. The van der Waals surface area contributed by atoms with Crippen LogP contribution in [-0.4, -0.2) is 39.5 Å². The van der Waals surface area contributed by atoms with Gasteiger partial charge in [0.1, 0.15) is 0 Å². The topological polar surface area (TPSA) is 30.5 Å². The first-order chi connectivity index (χ1) is 8.04. The zero-order valence-corrected chi connectivity index (χ0v) is 12.3. The average Bonchev–Trinajstić information content (AvgIpc) is 2.31. The van der Waals surface area contributed by atoms with Crippen LogP contribution in [0.3, 0.4) is 0 Å². The molecule has 104 valence electrons. The van der Waals surface area contributed by atoms with E-state index in [9.17, 15) is 0 Å². The summed E-state index contributed by atoms with van der Waals surface area (Å²) in [4.78, 5) is 0. The van der Waals surface area contributed by atoms with E-state index in [1.807, 2.05) is 0 Å². The fraction of sp³-hybridized carbons (Fsp3) is 1.00. The van der Waals surface area contributed by atoms with Gasteiger partial charge in [0, 0.05) is 26.3 Å². The minimum absolute atomic E-state index is 0.398. The molecule has 0 aliphatic carbocycles. The molecule has 0 aromatic heterocycles. The molecule has 0 aromatic rings. The summed E-state index contributed by atoms with van der Waals surface area (Å²) in [6, 6.07) is 0.568. The van der Waals surface area contributed by atoms with Crippen molar-refractivity contribution in [3.8, 4) is 0 Å². The van der Waals surface area contributed by atoms with Crippen molar-refractivity contribution in [3.05, 3.63) is 0 Å². The number of methoxy groups -OCH3 is 1. The highest BCUT2D eigenvalue weighted by Gasteiger charge is 2.21. The summed E-state index contributed by atoms with van der Waals surface area (Å²) < 4.78 is 10.4. The standard InChI is InChI=1S/C14H31NO2/c1-6-14(4,12-15-13(2)3)8-7-9-17-11-10-16-5/h13,15H,6-12H2,1-5H3. The predicted octanol–water partition coefficient (Wildman–Crippen LogP) is 2.84. The van der Waals surface area contributed by atoms with Gasteiger partial charge in [-0.25, -0.2) is 0 Å². The van der Waals surface area contributed by atoms with E-state index in [-0.39, 0.29) is 0 Å². The van der Waals surface area contributed by atoms with Crippen molar-refractivity contribution in [2.24, 2.45) is 5.41 Å². The largest absolute Gasteiger partial charge is 0.382 e. The lowest BCUT2D eigenvalue weighted by atomic mass is 9.82. The van der Waals surface area contributed by atoms with Crippen LogP contribution in [0.25, 0.3) is 0 Å². The molecule has 1 atom stereocenters. The molecule has 0 aromatic carbocycles. The van der Waals surface area contributed by atoms with Gasteiger partial charge < -0.3 is 14.8 Å². The summed E-state index contributed by atoms with van der Waals surface area (Å²) in [5.41, 5.74) is 0.398. The molecule has 3 heteroatoms. The second-order valence-corrected chi connectivity index (χ2v) is 5.41. The van der Waals surface area contributed by atoms with E-state index in [4.69, 9.17) is 9.47 Å². The summed E-state index contributed by atoms with van der Waals surface area (Å²) in [6.07, 6.45) is 3.56. The molecule has 0 amide bonds. The van der Waals surface area contributed by atoms with E-state index in [0.717, 1.165) is 19.6 Å². The summed E-state index contributed by atoms with van der Waals surface area (Å²) in [7, 11) is 1.70. The third-order valence-corrected chi connectivity index (χ3v) is 3.29. The van der Waals surface area contributed by atoms with Crippen LogP contribution in [0.2, 0.25) is 0 Å². The van der Waals surface area contributed by atoms with E-state index in [0.29, 0.717) is 24.7 Å². The van der Waals surface area contributed by atoms with E-state index in [1.165, 1.54) is 12.8 Å². The molecule has 0 rings (SSSR count). The summed E-state index contributed by atoms with van der Waals surface area (Å²) in [5, 5.41) is 3.54. The maximum atomic E-state index is 5.49. The molecule has 0 heterocycles. The van der Waals surface area contributed by atoms with Gasteiger partial charge in [0.2, 0.25) is 0 Å². The first-order valence-corrected chi connectivity index (χ1v) is 6.84. The average molecular weight is 245 g/mol. The number of ether oxygens (including phenoxy) is 2. The van der Waals surface area contributed by atoms with E-state index >= 15 is 0 Å². The molecule has 3 nitrogen and oxygen atoms in total. The zero-order chi connectivity index (χ0) is 13.1. The molecule has 0 aliphatic rings. The highest BCUT2D eigenvalue weighted by atomic mass is 16.5. The summed E-state index contributed by atoms with van der Waals surface area (Å²) in [5.74, 6) is 0. The SMILES string of the molecule is CCC(C)(CCCOCCOC)CNC(C)C. The Morgan fingerprint density at radius 1 is 1.18 bits per heavy atom. The van der Waals surface area contributed by atoms with Crippen molar-refractivity contribution in [1.82, 2.24) is 5.32 Å². The first-order valence-electron chi connectivity index (χ1n) is 6.84. The highest BCUT2D eigenvalue weighted by molar-refractivity contribution is 4.76. The summed E-state index contributed by atoms with van der Waals surface area (Å²) in [6.45, 7) is 12.4. The Morgan fingerprint density at radius 3 is 2.41 bits per heavy atom. The molecule has 0 saturated carbocycles. The molecule has 0 fully saturated rings. The molecular weight excluding hydrogens is 214 g/mol. The Morgan fingerprint density at radius 2 is 1.88 bits per heavy atom. The Balaban J connectivity index is 3.64. The molecule has 0 saturated heterocycles. The van der Waals surface area contributed by atoms with Gasteiger partial charge in [-0.1, -0.05) is 27.7 Å². The lowest BCUT2D eigenvalue weighted by Crippen LogP contribution is -2.35. The fourth-order valence-corrected chi connectivity index (χ4v) is 1.69. The van der Waals surface area contributed by atoms with Crippen LogP contribution in [0, 0.1) is 5.41 Å². The normalized spacial score (nSPS) is 15.2. The van der Waals surface area contributed by atoms with Crippen molar-refractivity contribution in [3.63, 3.8) is 0 Å². The van der Waals surface area contributed by atoms with Gasteiger partial charge in [0.15, 0.2) is 0 Å². The van der Waals surface area contributed by atoms with Crippen LogP contribution in [-0.2, 0) is 9.47 Å². The van der Waals surface area contributed by atoms with Gasteiger partial charge in [-0.3, -0.25) is 0 Å². The van der Waals surface area contributed by atoms with Crippen molar-refractivity contribution >= 4 is 0 Å². The number of hydrogen-bond donors (Lipinski definition) is 1. The third-order valence-electron chi connectivity index (χ3n) is 3.29. The van der Waals surface area contributed by atoms with Crippen LogP contribution in [0.15, 0.2) is 0 Å². The molecule has 0 radical (unpaired) electrons. The van der Waals surface area contributed by atoms with Crippen molar-refractivity contribution in [2.75, 3.05) is 33.5 Å². The molecule has 0 spiro atoms. The smallest absolute Gasteiger partial charge is 0.0700 e. The van der Waals surface area contributed by atoms with Gasteiger partial charge in [0.05, 0.1) is 13.2 Å². The second kappa shape index (κ2) is 9.86.